The first-order chi connectivity index (χ1) is 20.7. The summed E-state index contributed by atoms with van der Waals surface area (Å²) in [7, 11) is -0.858. The number of rotatable bonds is 11. The summed E-state index contributed by atoms with van der Waals surface area (Å²) in [5.74, 6) is 0.641. The molecule has 0 aromatic heterocycles. The van der Waals surface area contributed by atoms with Crippen molar-refractivity contribution in [1.82, 2.24) is 0 Å². The molecule has 6 rings (SSSR count). The van der Waals surface area contributed by atoms with E-state index in [-0.39, 0.29) is 5.91 Å². The molecule has 0 aliphatic heterocycles. The summed E-state index contributed by atoms with van der Waals surface area (Å²) in [4.78, 5) is 11.2. The molecule has 0 fully saturated rings. The number of carbonyl (C=O) groups excluding carboxylic acids is 1. The summed E-state index contributed by atoms with van der Waals surface area (Å²) in [6, 6.07) is 47.9. The number of benzene rings is 6. The number of hydrogen-bond acceptors (Lipinski definition) is 2. The van der Waals surface area contributed by atoms with Crippen LogP contribution in [0, 0.1) is 0 Å². The van der Waals surface area contributed by atoms with E-state index in [2.05, 4.69) is 133 Å². The molecule has 0 saturated heterocycles. The van der Waals surface area contributed by atoms with Crippen LogP contribution in [0.4, 0.5) is 0 Å². The van der Waals surface area contributed by atoms with Gasteiger partial charge in [0.15, 0.2) is 0 Å². The fourth-order valence-corrected chi connectivity index (χ4v) is 8.15. The number of fused-ring (bicyclic) bond motifs is 2. The van der Waals surface area contributed by atoms with Crippen molar-refractivity contribution in [3.05, 3.63) is 133 Å². The number of unbranched alkanes of at least 4 members (excludes halogenated alkanes) is 2. The van der Waals surface area contributed by atoms with Crippen LogP contribution in [-0.2, 0) is 4.79 Å². The maximum Gasteiger partial charge on any atom is 0.217 e. The lowest BCUT2D eigenvalue weighted by atomic mass is 9.93. The van der Waals surface area contributed by atoms with Gasteiger partial charge in [0.25, 0.3) is 0 Å². The van der Waals surface area contributed by atoms with Gasteiger partial charge in [-0.05, 0) is 70.7 Å². The average Bonchev–Trinajstić information content (AvgIpc) is 3.03. The van der Waals surface area contributed by atoms with Crippen LogP contribution in [0.25, 0.3) is 32.7 Å². The minimum Gasteiger partial charge on any atom is -0.493 e. The molecule has 4 heteroatoms. The highest BCUT2D eigenvalue weighted by atomic mass is 31.1. The lowest BCUT2D eigenvalue weighted by Gasteiger charge is -2.25. The monoisotopic (exact) mass is 567 g/mol. The van der Waals surface area contributed by atoms with Crippen LogP contribution >= 0.6 is 7.92 Å². The van der Waals surface area contributed by atoms with E-state index in [1.54, 1.807) is 0 Å². The molecule has 208 valence electrons. The Morgan fingerprint density at radius 2 is 1.12 bits per heavy atom. The molecule has 6 aromatic carbocycles. The molecule has 0 radical (unpaired) electrons. The van der Waals surface area contributed by atoms with Gasteiger partial charge in [-0.2, -0.15) is 0 Å². The molecule has 0 atom stereocenters. The van der Waals surface area contributed by atoms with Gasteiger partial charge in [-0.15, -0.1) is 0 Å². The van der Waals surface area contributed by atoms with Crippen molar-refractivity contribution in [2.75, 3.05) is 6.61 Å². The normalized spacial score (nSPS) is 11.3. The molecule has 0 aliphatic rings. The maximum absolute atomic E-state index is 11.2. The fraction of sp³-hybridized carbons (Fsp3) is 0.132. The first kappa shape index (κ1) is 27.7. The predicted octanol–water partition coefficient (Wildman–Crippen LogP) is 7.84. The van der Waals surface area contributed by atoms with E-state index in [9.17, 15) is 4.79 Å². The Bertz CT molecular complexity index is 1780. The summed E-state index contributed by atoms with van der Waals surface area (Å²) in [6.45, 7) is 0.580. The summed E-state index contributed by atoms with van der Waals surface area (Å²) >= 11 is 0. The molecule has 0 spiro atoms. The van der Waals surface area contributed by atoms with Crippen LogP contribution in [0.2, 0.25) is 0 Å². The van der Waals surface area contributed by atoms with Crippen molar-refractivity contribution in [1.29, 1.82) is 0 Å². The van der Waals surface area contributed by atoms with Crippen molar-refractivity contribution >= 4 is 51.3 Å². The van der Waals surface area contributed by atoms with E-state index in [1.807, 2.05) is 0 Å². The van der Waals surface area contributed by atoms with Gasteiger partial charge in [-0.1, -0.05) is 127 Å². The molecule has 0 aliphatic carbocycles. The molecular weight excluding hydrogens is 533 g/mol. The van der Waals surface area contributed by atoms with Gasteiger partial charge in [0, 0.05) is 17.5 Å². The molecule has 2 N–H and O–H groups in total. The van der Waals surface area contributed by atoms with Crippen LogP contribution in [-0.4, -0.2) is 12.5 Å². The van der Waals surface area contributed by atoms with Crippen molar-refractivity contribution in [2.45, 2.75) is 25.7 Å². The Balaban J connectivity index is 1.56. The van der Waals surface area contributed by atoms with Gasteiger partial charge >= 0.3 is 0 Å². The molecule has 0 saturated carbocycles. The van der Waals surface area contributed by atoms with Crippen molar-refractivity contribution in [3.63, 3.8) is 0 Å². The highest BCUT2D eigenvalue weighted by Crippen LogP contribution is 2.45. The summed E-state index contributed by atoms with van der Waals surface area (Å²) in [6.07, 6.45) is 2.97. The van der Waals surface area contributed by atoms with Crippen LogP contribution in [0.3, 0.4) is 0 Å². The topological polar surface area (TPSA) is 52.3 Å². The van der Waals surface area contributed by atoms with E-state index in [0.29, 0.717) is 13.0 Å². The van der Waals surface area contributed by atoms with E-state index in [0.717, 1.165) is 30.6 Å². The minimum atomic E-state index is -0.858. The maximum atomic E-state index is 11.2. The molecular formula is C38H34NO2P. The lowest BCUT2D eigenvalue weighted by Crippen LogP contribution is -2.22. The van der Waals surface area contributed by atoms with Crippen LogP contribution < -0.4 is 26.4 Å². The Hall–Kier alpha value is -4.46. The first-order valence-corrected chi connectivity index (χ1v) is 15.9. The highest BCUT2D eigenvalue weighted by molar-refractivity contribution is 7.80. The number of carbonyl (C=O) groups is 1. The Morgan fingerprint density at radius 3 is 1.74 bits per heavy atom. The zero-order chi connectivity index (χ0) is 28.7. The second kappa shape index (κ2) is 13.0. The molecule has 0 unspecified atom stereocenters. The Kier molecular flexibility index (Phi) is 8.59. The zero-order valence-electron chi connectivity index (χ0n) is 23.6. The molecule has 6 aromatic rings. The number of hydrogen-bond donors (Lipinski definition) is 1. The largest absolute Gasteiger partial charge is 0.493 e. The zero-order valence-corrected chi connectivity index (χ0v) is 24.5. The van der Waals surface area contributed by atoms with Gasteiger partial charge in [0.1, 0.15) is 5.75 Å². The second-order valence-corrected chi connectivity index (χ2v) is 12.7. The lowest BCUT2D eigenvalue weighted by molar-refractivity contribution is -0.118. The van der Waals surface area contributed by atoms with E-state index in [1.165, 1.54) is 43.0 Å². The van der Waals surface area contributed by atoms with Gasteiger partial charge < -0.3 is 10.5 Å². The molecule has 1 amide bonds. The van der Waals surface area contributed by atoms with Gasteiger partial charge in [-0.25, -0.2) is 0 Å². The molecule has 42 heavy (non-hydrogen) atoms. The quantitative estimate of drug-likeness (QED) is 0.128. The van der Waals surface area contributed by atoms with Crippen LogP contribution in [0.5, 0.6) is 5.75 Å². The standard InChI is InChI=1S/C38H34NO2P/c39-36(40)22-8-3-13-27-41-34-25-23-28-14-9-11-20-32(28)37(34)38-33-21-12-10-15-29(33)24-26-35(38)42(30-16-4-1-5-17-30)31-18-6-2-7-19-31/h1-2,4-7,9-12,14-21,23-26H,3,8,13,22,27H2,(H2,39,40). The third kappa shape index (κ3) is 5.93. The number of ether oxygens (including phenoxy) is 1. The van der Waals surface area contributed by atoms with Crippen molar-refractivity contribution < 1.29 is 9.53 Å². The first-order valence-electron chi connectivity index (χ1n) is 14.6. The van der Waals surface area contributed by atoms with Crippen LogP contribution in [0.15, 0.2) is 133 Å². The van der Waals surface area contributed by atoms with Gasteiger partial charge in [-0.3, -0.25) is 4.79 Å². The van der Waals surface area contributed by atoms with Gasteiger partial charge in [0.05, 0.1) is 6.61 Å². The van der Waals surface area contributed by atoms with Crippen LogP contribution in [0.1, 0.15) is 25.7 Å². The highest BCUT2D eigenvalue weighted by Gasteiger charge is 2.25. The number of nitrogens with two attached hydrogens (primary N) is 1. The second-order valence-electron chi connectivity index (χ2n) is 10.5. The number of primary amides is 1. The molecule has 0 heterocycles. The summed E-state index contributed by atoms with van der Waals surface area (Å²) in [5.41, 5.74) is 7.70. The molecule has 0 bridgehead atoms. The summed E-state index contributed by atoms with van der Waals surface area (Å²) in [5, 5.41) is 8.72. The van der Waals surface area contributed by atoms with E-state index in [4.69, 9.17) is 10.5 Å². The third-order valence-electron chi connectivity index (χ3n) is 7.64. The predicted molar refractivity (Wildman–Crippen MR) is 179 cm³/mol. The van der Waals surface area contributed by atoms with E-state index < -0.39 is 7.92 Å². The summed E-state index contributed by atoms with van der Waals surface area (Å²) < 4.78 is 6.59. The van der Waals surface area contributed by atoms with E-state index >= 15 is 0 Å². The third-order valence-corrected chi connectivity index (χ3v) is 10.1. The smallest absolute Gasteiger partial charge is 0.217 e. The number of amides is 1. The average molecular weight is 568 g/mol. The Labute approximate surface area is 248 Å². The molecule has 3 nitrogen and oxygen atoms in total. The van der Waals surface area contributed by atoms with Crippen molar-refractivity contribution in [2.24, 2.45) is 5.73 Å². The fourth-order valence-electron chi connectivity index (χ4n) is 5.68. The SMILES string of the molecule is NC(=O)CCCCCOc1ccc2ccccc2c1-c1c(P(c2ccccc2)c2ccccc2)ccc2ccccc12. The van der Waals surface area contributed by atoms with Gasteiger partial charge in [0.2, 0.25) is 5.91 Å². The minimum absolute atomic E-state index is 0.246. The van der Waals surface area contributed by atoms with Crippen molar-refractivity contribution in [3.8, 4) is 16.9 Å². The Morgan fingerprint density at radius 1 is 0.571 bits per heavy atom.